The van der Waals surface area contributed by atoms with Crippen LogP contribution in [0.2, 0.25) is 0 Å². The first kappa shape index (κ1) is 39.8. The highest BCUT2D eigenvalue weighted by Gasteiger charge is 2.26. The molecule has 6 heteroatoms. The molecule has 0 spiro atoms. The van der Waals surface area contributed by atoms with Gasteiger partial charge in [0.1, 0.15) is 0 Å². The summed E-state index contributed by atoms with van der Waals surface area (Å²) in [5, 5.41) is 0. The molecule has 31 aliphatic carbocycles. The highest BCUT2D eigenvalue weighted by atomic mass is 16.2. The first-order valence-corrected chi connectivity index (χ1v) is 21.4. The molecule has 6 nitrogen and oxygen atoms in total. The summed E-state index contributed by atoms with van der Waals surface area (Å²) in [5.74, 6) is -1.70. The molecule has 0 amide bonds. The molecule has 0 atom stereocenters. The van der Waals surface area contributed by atoms with Gasteiger partial charge in [-0.2, -0.15) is 0 Å². The maximum Gasteiger partial charge on any atom is 0.187 e. The molecule has 20 bridgehead atoms. The van der Waals surface area contributed by atoms with Gasteiger partial charge in [0.05, 0.1) is 0 Å². The van der Waals surface area contributed by atoms with E-state index in [0.29, 0.717) is 55.7 Å². The average molecular weight is 851 g/mol. The van der Waals surface area contributed by atoms with E-state index >= 15 is 0 Å². The van der Waals surface area contributed by atoms with Crippen LogP contribution in [0.25, 0.3) is 77.9 Å². The Hall–Kier alpha value is -9.00. The van der Waals surface area contributed by atoms with Crippen molar-refractivity contribution in [3.8, 4) is 44.5 Å². The zero-order valence-corrected chi connectivity index (χ0v) is 35.1. The lowest BCUT2D eigenvalue weighted by Gasteiger charge is -2.15. The summed E-state index contributed by atoms with van der Waals surface area (Å²) < 4.78 is 0. The molecule has 0 N–H and O–H groups in total. The summed E-state index contributed by atoms with van der Waals surface area (Å²) >= 11 is 0. The maximum atomic E-state index is 13.5. The lowest BCUT2D eigenvalue weighted by atomic mass is 9.86. The second kappa shape index (κ2) is 16.0. The van der Waals surface area contributed by atoms with Crippen LogP contribution in [0, 0.1) is 0 Å². The Labute approximate surface area is 379 Å². The summed E-state index contributed by atoms with van der Waals surface area (Å²) in [5.41, 5.74) is 13.0. The Bertz CT molecular complexity index is 3230. The van der Waals surface area contributed by atoms with Crippen molar-refractivity contribution in [2.45, 2.75) is 0 Å². The molecule has 31 aliphatic rings. The fraction of sp³-hybridized carbons (Fsp3) is 0. The zero-order valence-electron chi connectivity index (χ0n) is 35.1. The molecule has 0 unspecified atom stereocenters. The SMILES string of the molecule is O=C1C=C2C(=O)C=C1c1ccc(cc1)C1=CC(=O)C(=CC1=O)c1ccc(cc1)-c1ccc(cc1)-c1ccc(cc1)C1=CC(=O)C(=CC1=O)c1ccc(cc1)-c1ccc(cc1)-c1ccc2cc1. The number of carbonyl (C=O) groups excluding carboxylic acids is 6. The number of hydrogen-bond donors (Lipinski definition) is 0. The van der Waals surface area contributed by atoms with Crippen LogP contribution in [0.3, 0.4) is 0 Å². The van der Waals surface area contributed by atoms with Gasteiger partial charge in [-0.15, -0.1) is 0 Å². The number of carbonyl (C=O) groups is 6. The van der Waals surface area contributed by atoms with Crippen molar-refractivity contribution in [1.82, 2.24) is 0 Å². The zero-order chi connectivity index (χ0) is 45.1. The van der Waals surface area contributed by atoms with Crippen molar-refractivity contribution in [3.05, 3.63) is 240 Å². The largest absolute Gasteiger partial charge is 0.289 e. The number of allylic oxidation sites excluding steroid dienone is 12. The fourth-order valence-electron chi connectivity index (χ4n) is 8.94. The third kappa shape index (κ3) is 7.22. The van der Waals surface area contributed by atoms with E-state index in [0.717, 1.165) is 44.5 Å². The first-order valence-electron chi connectivity index (χ1n) is 21.4. The normalized spacial score (nSPS) is 15.4. The van der Waals surface area contributed by atoms with Crippen molar-refractivity contribution in [2.24, 2.45) is 0 Å². The van der Waals surface area contributed by atoms with Crippen LogP contribution < -0.4 is 0 Å². The number of hydrogen-bond acceptors (Lipinski definition) is 6. The molecule has 310 valence electrons. The second-order valence-electron chi connectivity index (χ2n) is 16.6. The van der Waals surface area contributed by atoms with Gasteiger partial charge in [0, 0.05) is 33.4 Å². The molecule has 0 fully saturated rings. The lowest BCUT2D eigenvalue weighted by Crippen LogP contribution is -2.13. The summed E-state index contributed by atoms with van der Waals surface area (Å²) in [6.45, 7) is 0. The Kier molecular flexibility index (Phi) is 9.63. The van der Waals surface area contributed by atoms with Crippen LogP contribution in [-0.2, 0) is 28.8 Å². The topological polar surface area (TPSA) is 102 Å². The van der Waals surface area contributed by atoms with Crippen LogP contribution in [0.1, 0.15) is 33.4 Å². The van der Waals surface area contributed by atoms with Crippen molar-refractivity contribution in [3.63, 3.8) is 0 Å². The minimum atomic E-state index is -0.315. The molecule has 0 aromatic heterocycles. The molecule has 0 heterocycles. The summed E-state index contributed by atoms with van der Waals surface area (Å²) in [4.78, 5) is 80.8. The minimum absolute atomic E-state index is 0.237. The van der Waals surface area contributed by atoms with Gasteiger partial charge in [0.2, 0.25) is 0 Å². The van der Waals surface area contributed by atoms with E-state index in [1.807, 2.05) is 146 Å². The third-order valence-corrected chi connectivity index (χ3v) is 12.6. The Morgan fingerprint density at radius 1 is 0.136 bits per heavy atom. The van der Waals surface area contributed by atoms with Crippen LogP contribution >= 0.6 is 0 Å². The van der Waals surface area contributed by atoms with Gasteiger partial charge in [-0.3, -0.25) is 28.8 Å². The van der Waals surface area contributed by atoms with E-state index in [4.69, 9.17) is 0 Å². The van der Waals surface area contributed by atoms with Crippen LogP contribution in [0.15, 0.2) is 206 Å². The summed E-state index contributed by atoms with van der Waals surface area (Å²) in [6.07, 6.45) is 8.27. The van der Waals surface area contributed by atoms with Gasteiger partial charge in [0.25, 0.3) is 0 Å². The molecular weight excluding hydrogens is 817 g/mol. The predicted molar refractivity (Wildman–Crippen MR) is 259 cm³/mol. The Balaban J connectivity index is 0.916. The van der Waals surface area contributed by atoms with Crippen molar-refractivity contribution >= 4 is 68.1 Å². The van der Waals surface area contributed by atoms with Crippen molar-refractivity contribution in [1.29, 1.82) is 0 Å². The van der Waals surface area contributed by atoms with Crippen LogP contribution in [-0.4, -0.2) is 34.7 Å². The molecule has 0 saturated carbocycles. The van der Waals surface area contributed by atoms with E-state index in [9.17, 15) is 28.8 Å². The molecule has 0 saturated heterocycles. The van der Waals surface area contributed by atoms with E-state index < -0.39 is 0 Å². The number of benzene rings is 7. The lowest BCUT2D eigenvalue weighted by molar-refractivity contribution is -0.112. The quantitative estimate of drug-likeness (QED) is 0.141. The van der Waals surface area contributed by atoms with Gasteiger partial charge in [-0.25, -0.2) is 0 Å². The predicted octanol–water partition coefficient (Wildman–Crippen LogP) is 11.5. The van der Waals surface area contributed by atoms with E-state index in [-0.39, 0.29) is 45.8 Å². The average Bonchev–Trinajstić information content (AvgIpc) is 3.36. The molecular formula is C60H34O6. The molecule has 38 rings (SSSR count). The Morgan fingerprint density at radius 3 is 0.333 bits per heavy atom. The van der Waals surface area contributed by atoms with Crippen LogP contribution in [0.4, 0.5) is 0 Å². The molecule has 7 aromatic rings. The number of rotatable bonds is 0. The maximum absolute atomic E-state index is 13.5. The highest BCUT2D eigenvalue weighted by molar-refractivity contribution is 6.46. The van der Waals surface area contributed by atoms with Gasteiger partial charge >= 0.3 is 0 Å². The van der Waals surface area contributed by atoms with Gasteiger partial charge in [0.15, 0.2) is 34.7 Å². The van der Waals surface area contributed by atoms with E-state index in [1.165, 1.54) is 36.5 Å². The Morgan fingerprint density at radius 2 is 0.227 bits per heavy atom. The van der Waals surface area contributed by atoms with E-state index in [1.54, 1.807) is 24.3 Å². The standard InChI is InChI=1S/C60H34O6/c61-55-30-50-44-19-11-40(12-20-44)36-3-7-38(8-4-36)42-15-23-46(24-16-42)52-32-60(66)54(34-58(52)64)48-27-25-47(26-28-48)53-33-57(63)51(31-59(53)65)45-21-13-41(14-22-45)37-5-1-35(2-6-37)39-9-17-43(18-10-39)49(55)29-56(50)62/h1-34H. The van der Waals surface area contributed by atoms with E-state index in [2.05, 4.69) is 0 Å². The smallest absolute Gasteiger partial charge is 0.187 e. The van der Waals surface area contributed by atoms with Crippen LogP contribution in [0.5, 0.6) is 0 Å². The van der Waals surface area contributed by atoms with Gasteiger partial charge in [-0.1, -0.05) is 170 Å². The van der Waals surface area contributed by atoms with Crippen molar-refractivity contribution < 1.29 is 28.8 Å². The second-order valence-corrected chi connectivity index (χ2v) is 16.6. The summed E-state index contributed by atoms with van der Waals surface area (Å²) in [6, 6.07) is 53.0. The molecule has 0 radical (unpaired) electrons. The van der Waals surface area contributed by atoms with Gasteiger partial charge in [-0.05, 0) is 114 Å². The van der Waals surface area contributed by atoms with Crippen molar-refractivity contribution in [2.75, 3.05) is 0 Å². The monoisotopic (exact) mass is 850 g/mol. The fourth-order valence-corrected chi connectivity index (χ4v) is 8.94. The third-order valence-electron chi connectivity index (χ3n) is 12.6. The molecule has 7 aromatic carbocycles. The van der Waals surface area contributed by atoms with Gasteiger partial charge < -0.3 is 0 Å². The number of ketones is 6. The molecule has 66 heavy (non-hydrogen) atoms. The first-order chi connectivity index (χ1) is 32.1. The minimum Gasteiger partial charge on any atom is -0.289 e. The molecule has 0 aliphatic heterocycles. The highest BCUT2D eigenvalue weighted by Crippen LogP contribution is 2.35. The summed E-state index contributed by atoms with van der Waals surface area (Å²) in [7, 11) is 0.